The molecule has 6 nitrogen and oxygen atoms in total. The molecule has 0 aromatic carbocycles. The lowest BCUT2D eigenvalue weighted by molar-refractivity contribution is -0.384. The molecule has 2 unspecified atom stereocenters. The molecule has 0 saturated heterocycles. The fourth-order valence-corrected chi connectivity index (χ4v) is 2.71. The van der Waals surface area contributed by atoms with Gasteiger partial charge in [0.1, 0.15) is 0 Å². The van der Waals surface area contributed by atoms with Crippen molar-refractivity contribution in [3.63, 3.8) is 0 Å². The van der Waals surface area contributed by atoms with E-state index in [-0.39, 0.29) is 29.1 Å². The average Bonchev–Trinajstić information content (AvgIpc) is 2.84. The van der Waals surface area contributed by atoms with Crippen LogP contribution < -0.4 is 5.32 Å². The van der Waals surface area contributed by atoms with Gasteiger partial charge >= 0.3 is 5.69 Å². The molecular weight excluding hydrogens is 270 g/mol. The number of nitrogens with one attached hydrogen (secondary N) is 1. The van der Waals surface area contributed by atoms with E-state index in [2.05, 4.69) is 10.3 Å². The second-order valence-corrected chi connectivity index (χ2v) is 5.23. The largest absolute Gasteiger partial charge is 0.396 e. The number of hydrogen-bond acceptors (Lipinski definition) is 5. The van der Waals surface area contributed by atoms with Gasteiger partial charge in [0, 0.05) is 25.4 Å². The molecule has 1 aromatic heterocycles. The minimum Gasteiger partial charge on any atom is -0.396 e. The number of anilines is 1. The zero-order valence-electron chi connectivity index (χ0n) is 10.4. The highest BCUT2D eigenvalue weighted by Crippen LogP contribution is 2.32. The second-order valence-electron chi connectivity index (χ2n) is 4.79. The van der Waals surface area contributed by atoms with Crippen LogP contribution in [0.4, 0.5) is 11.5 Å². The lowest BCUT2D eigenvalue weighted by Crippen LogP contribution is -2.21. The summed E-state index contributed by atoms with van der Waals surface area (Å²) in [6, 6.07) is 1.29. The van der Waals surface area contributed by atoms with Crippen molar-refractivity contribution in [1.29, 1.82) is 0 Å². The second kappa shape index (κ2) is 6.16. The summed E-state index contributed by atoms with van der Waals surface area (Å²) in [7, 11) is 0. The topological polar surface area (TPSA) is 88.3 Å². The summed E-state index contributed by atoms with van der Waals surface area (Å²) in [4.78, 5) is 14.4. The van der Waals surface area contributed by atoms with Crippen LogP contribution in [0.2, 0.25) is 5.02 Å². The van der Waals surface area contributed by atoms with Crippen molar-refractivity contribution >= 4 is 23.1 Å². The van der Waals surface area contributed by atoms with Crippen LogP contribution in [0.1, 0.15) is 19.3 Å². The van der Waals surface area contributed by atoms with Crippen LogP contribution in [0.3, 0.4) is 0 Å². The van der Waals surface area contributed by atoms with Crippen molar-refractivity contribution in [1.82, 2.24) is 4.98 Å². The fraction of sp³-hybridized carbons (Fsp3) is 0.583. The maximum Gasteiger partial charge on any atom is 0.312 e. The SMILES string of the molecule is O=[N+]([O-])c1cc(Cl)cnc1NCC1CCCC1CO. The fourth-order valence-electron chi connectivity index (χ4n) is 2.55. The number of pyridine rings is 1. The van der Waals surface area contributed by atoms with Crippen LogP contribution in [-0.2, 0) is 0 Å². The van der Waals surface area contributed by atoms with Crippen LogP contribution in [0.25, 0.3) is 0 Å². The molecule has 7 heteroatoms. The van der Waals surface area contributed by atoms with Crippen LogP contribution in [-0.4, -0.2) is 28.2 Å². The molecule has 1 aromatic rings. The Labute approximate surface area is 116 Å². The molecule has 0 bridgehead atoms. The number of hydrogen-bond donors (Lipinski definition) is 2. The number of aliphatic hydroxyl groups is 1. The highest BCUT2D eigenvalue weighted by molar-refractivity contribution is 6.30. The monoisotopic (exact) mass is 285 g/mol. The number of rotatable bonds is 5. The van der Waals surface area contributed by atoms with E-state index in [0.29, 0.717) is 12.5 Å². The molecule has 0 aliphatic heterocycles. The molecule has 19 heavy (non-hydrogen) atoms. The van der Waals surface area contributed by atoms with Gasteiger partial charge in [-0.15, -0.1) is 0 Å². The first-order valence-electron chi connectivity index (χ1n) is 6.26. The van der Waals surface area contributed by atoms with Crippen molar-refractivity contribution in [3.8, 4) is 0 Å². The van der Waals surface area contributed by atoms with Gasteiger partial charge < -0.3 is 10.4 Å². The lowest BCUT2D eigenvalue weighted by atomic mass is 9.97. The average molecular weight is 286 g/mol. The Bertz CT molecular complexity index is 470. The molecule has 1 aliphatic carbocycles. The summed E-state index contributed by atoms with van der Waals surface area (Å²) < 4.78 is 0. The summed E-state index contributed by atoms with van der Waals surface area (Å²) in [5.41, 5.74) is -0.119. The van der Waals surface area contributed by atoms with Crippen LogP contribution >= 0.6 is 11.6 Å². The standard InChI is InChI=1S/C12H16ClN3O3/c13-10-4-11(16(18)19)12(15-6-10)14-5-8-2-1-3-9(8)7-17/h4,6,8-9,17H,1-3,5,7H2,(H,14,15). The van der Waals surface area contributed by atoms with Crippen molar-refractivity contribution in [2.75, 3.05) is 18.5 Å². The Balaban J connectivity index is 2.05. The third-order valence-electron chi connectivity index (χ3n) is 3.61. The molecule has 1 fully saturated rings. The van der Waals surface area contributed by atoms with Crippen LogP contribution in [0.15, 0.2) is 12.3 Å². The van der Waals surface area contributed by atoms with Gasteiger partial charge in [0.05, 0.1) is 9.95 Å². The molecule has 0 radical (unpaired) electrons. The third kappa shape index (κ3) is 3.33. The Morgan fingerprint density at radius 2 is 2.26 bits per heavy atom. The van der Waals surface area contributed by atoms with Gasteiger partial charge in [-0.3, -0.25) is 10.1 Å². The molecule has 0 spiro atoms. The van der Waals surface area contributed by atoms with Crippen molar-refractivity contribution in [2.24, 2.45) is 11.8 Å². The molecular formula is C12H16ClN3O3. The maximum absolute atomic E-state index is 10.9. The first kappa shape index (κ1) is 14.0. The highest BCUT2D eigenvalue weighted by atomic mass is 35.5. The minimum atomic E-state index is -0.501. The van der Waals surface area contributed by atoms with E-state index in [0.717, 1.165) is 19.3 Å². The van der Waals surface area contributed by atoms with Gasteiger partial charge in [0.2, 0.25) is 5.82 Å². The lowest BCUT2D eigenvalue weighted by Gasteiger charge is -2.18. The summed E-state index contributed by atoms with van der Waals surface area (Å²) >= 11 is 5.71. The van der Waals surface area contributed by atoms with E-state index >= 15 is 0 Å². The van der Waals surface area contributed by atoms with Gasteiger partial charge in [0.15, 0.2) is 0 Å². The van der Waals surface area contributed by atoms with Crippen LogP contribution in [0, 0.1) is 22.0 Å². The van der Waals surface area contributed by atoms with E-state index < -0.39 is 4.92 Å². The van der Waals surface area contributed by atoms with E-state index in [1.54, 1.807) is 0 Å². The molecule has 2 atom stereocenters. The van der Waals surface area contributed by atoms with Crippen LogP contribution in [0.5, 0.6) is 0 Å². The molecule has 2 rings (SSSR count). The molecule has 1 aliphatic rings. The molecule has 104 valence electrons. The first-order chi connectivity index (χ1) is 9.11. The van der Waals surface area contributed by atoms with Gasteiger partial charge in [-0.05, 0) is 24.7 Å². The maximum atomic E-state index is 10.9. The molecule has 1 heterocycles. The predicted molar refractivity (Wildman–Crippen MR) is 72.3 cm³/mol. The predicted octanol–water partition coefficient (Wildman–Crippen LogP) is 2.46. The minimum absolute atomic E-state index is 0.119. The van der Waals surface area contributed by atoms with Gasteiger partial charge in [0.25, 0.3) is 0 Å². The molecule has 1 saturated carbocycles. The normalized spacial score (nSPS) is 22.4. The van der Waals surface area contributed by atoms with Gasteiger partial charge in [-0.2, -0.15) is 0 Å². The Kier molecular flexibility index (Phi) is 4.55. The number of halogens is 1. The van der Waals surface area contributed by atoms with Crippen molar-refractivity contribution in [3.05, 3.63) is 27.4 Å². The van der Waals surface area contributed by atoms with Crippen molar-refractivity contribution in [2.45, 2.75) is 19.3 Å². The van der Waals surface area contributed by atoms with E-state index in [9.17, 15) is 15.2 Å². The Hall–Kier alpha value is -1.40. The zero-order chi connectivity index (χ0) is 13.8. The Morgan fingerprint density at radius 3 is 2.95 bits per heavy atom. The summed E-state index contributed by atoms with van der Waals surface area (Å²) in [5, 5.41) is 23.4. The first-order valence-corrected chi connectivity index (χ1v) is 6.64. The quantitative estimate of drug-likeness (QED) is 0.641. The van der Waals surface area contributed by atoms with Crippen molar-refractivity contribution < 1.29 is 10.0 Å². The number of nitrogens with zero attached hydrogens (tertiary/aromatic N) is 2. The molecule has 2 N–H and O–H groups in total. The summed E-state index contributed by atoms with van der Waals surface area (Å²) in [5.74, 6) is 0.846. The summed E-state index contributed by atoms with van der Waals surface area (Å²) in [6.07, 6.45) is 4.52. The number of aliphatic hydroxyl groups excluding tert-OH is 1. The smallest absolute Gasteiger partial charge is 0.312 e. The molecule has 0 amide bonds. The number of aromatic nitrogens is 1. The van der Waals surface area contributed by atoms with E-state index in [1.807, 2.05) is 0 Å². The highest BCUT2D eigenvalue weighted by Gasteiger charge is 2.27. The summed E-state index contributed by atoms with van der Waals surface area (Å²) in [6.45, 7) is 0.753. The number of nitro groups is 1. The van der Waals surface area contributed by atoms with E-state index in [4.69, 9.17) is 11.6 Å². The van der Waals surface area contributed by atoms with Gasteiger partial charge in [-0.1, -0.05) is 18.0 Å². The van der Waals surface area contributed by atoms with E-state index in [1.165, 1.54) is 12.3 Å². The van der Waals surface area contributed by atoms with Gasteiger partial charge in [-0.25, -0.2) is 4.98 Å². The zero-order valence-corrected chi connectivity index (χ0v) is 11.1. The Morgan fingerprint density at radius 1 is 1.53 bits per heavy atom. The third-order valence-corrected chi connectivity index (χ3v) is 3.82.